The third-order valence-corrected chi connectivity index (χ3v) is 3.03. The van der Waals surface area contributed by atoms with Gasteiger partial charge in [-0.15, -0.1) is 0 Å². The molecular formula is C13H20N2O2. The molecule has 0 amide bonds. The molecule has 0 aromatic heterocycles. The van der Waals surface area contributed by atoms with Crippen LogP contribution in [0.4, 0.5) is 5.69 Å². The van der Waals surface area contributed by atoms with E-state index in [9.17, 15) is 0 Å². The van der Waals surface area contributed by atoms with Gasteiger partial charge in [-0.1, -0.05) is 0 Å². The van der Waals surface area contributed by atoms with Gasteiger partial charge in [-0.05, 0) is 31.2 Å². The quantitative estimate of drug-likeness (QED) is 0.858. The number of morpholine rings is 1. The number of rotatable bonds is 3. The fourth-order valence-corrected chi connectivity index (χ4v) is 2.18. The van der Waals surface area contributed by atoms with Crippen molar-refractivity contribution in [2.45, 2.75) is 19.1 Å². The lowest BCUT2D eigenvalue weighted by atomic mass is 10.2. The highest BCUT2D eigenvalue weighted by Gasteiger charge is 2.24. The van der Waals surface area contributed by atoms with Crippen molar-refractivity contribution < 1.29 is 9.47 Å². The van der Waals surface area contributed by atoms with Crippen LogP contribution in [0.3, 0.4) is 0 Å². The van der Waals surface area contributed by atoms with Crippen LogP contribution in [0.2, 0.25) is 0 Å². The van der Waals surface area contributed by atoms with Crippen LogP contribution in [0.15, 0.2) is 24.3 Å². The third kappa shape index (κ3) is 2.90. The summed E-state index contributed by atoms with van der Waals surface area (Å²) in [6.07, 6.45) is 0.347. The lowest BCUT2D eigenvalue weighted by Gasteiger charge is -2.37. The van der Waals surface area contributed by atoms with Crippen LogP contribution in [-0.4, -0.2) is 39.0 Å². The van der Waals surface area contributed by atoms with E-state index in [2.05, 4.69) is 24.0 Å². The lowest BCUT2D eigenvalue weighted by Crippen LogP contribution is -2.49. The molecule has 1 fully saturated rings. The molecule has 1 heterocycles. The van der Waals surface area contributed by atoms with Gasteiger partial charge >= 0.3 is 0 Å². The average Bonchev–Trinajstić information content (AvgIpc) is 2.38. The van der Waals surface area contributed by atoms with E-state index in [1.165, 1.54) is 5.69 Å². The molecule has 2 rings (SSSR count). The highest BCUT2D eigenvalue weighted by Crippen LogP contribution is 2.22. The van der Waals surface area contributed by atoms with Crippen molar-refractivity contribution in [1.82, 2.24) is 0 Å². The second-order valence-corrected chi connectivity index (χ2v) is 4.41. The Bertz CT molecular complexity index is 353. The van der Waals surface area contributed by atoms with Crippen molar-refractivity contribution in [3.05, 3.63) is 24.3 Å². The molecule has 2 N–H and O–H groups in total. The average molecular weight is 236 g/mol. The lowest BCUT2D eigenvalue weighted by molar-refractivity contribution is -0.0104. The molecule has 1 aromatic carbocycles. The normalized spacial score (nSPS) is 24.8. The maximum absolute atomic E-state index is 5.74. The smallest absolute Gasteiger partial charge is 0.119 e. The van der Waals surface area contributed by atoms with Gasteiger partial charge in [-0.2, -0.15) is 0 Å². The molecule has 17 heavy (non-hydrogen) atoms. The SMILES string of the molecule is COc1ccc(N2CC(C)OC(CN)C2)cc1. The van der Waals surface area contributed by atoms with Crippen LogP contribution >= 0.6 is 0 Å². The second-order valence-electron chi connectivity index (χ2n) is 4.41. The van der Waals surface area contributed by atoms with E-state index in [1.807, 2.05) is 12.1 Å². The van der Waals surface area contributed by atoms with E-state index in [0.717, 1.165) is 18.8 Å². The molecule has 2 atom stereocenters. The van der Waals surface area contributed by atoms with E-state index in [4.69, 9.17) is 15.2 Å². The summed E-state index contributed by atoms with van der Waals surface area (Å²) < 4.78 is 10.9. The summed E-state index contributed by atoms with van der Waals surface area (Å²) in [6.45, 7) is 4.41. The first-order valence-electron chi connectivity index (χ1n) is 5.97. The Morgan fingerprint density at radius 3 is 2.65 bits per heavy atom. The van der Waals surface area contributed by atoms with Gasteiger partial charge < -0.3 is 20.1 Å². The molecule has 4 heteroatoms. The zero-order valence-corrected chi connectivity index (χ0v) is 10.4. The van der Waals surface area contributed by atoms with Crippen molar-refractivity contribution >= 4 is 5.69 Å². The van der Waals surface area contributed by atoms with Gasteiger partial charge in [0.05, 0.1) is 19.3 Å². The Morgan fingerprint density at radius 1 is 1.35 bits per heavy atom. The minimum atomic E-state index is 0.126. The largest absolute Gasteiger partial charge is 0.497 e. The fraction of sp³-hybridized carbons (Fsp3) is 0.538. The molecule has 1 aliphatic heterocycles. The van der Waals surface area contributed by atoms with Crippen molar-refractivity contribution in [1.29, 1.82) is 0 Å². The van der Waals surface area contributed by atoms with Crippen LogP contribution in [-0.2, 0) is 4.74 Å². The van der Waals surface area contributed by atoms with Crippen LogP contribution in [0.1, 0.15) is 6.92 Å². The third-order valence-electron chi connectivity index (χ3n) is 3.03. The Labute approximate surface area is 102 Å². The number of benzene rings is 1. The number of nitrogens with two attached hydrogens (primary N) is 1. The number of anilines is 1. The zero-order chi connectivity index (χ0) is 12.3. The van der Waals surface area contributed by atoms with E-state index in [1.54, 1.807) is 7.11 Å². The molecule has 0 aliphatic carbocycles. The summed E-state index contributed by atoms with van der Waals surface area (Å²) in [5, 5.41) is 0. The molecule has 94 valence electrons. The number of methoxy groups -OCH3 is 1. The molecule has 4 nitrogen and oxygen atoms in total. The van der Waals surface area contributed by atoms with Crippen molar-refractivity contribution in [2.24, 2.45) is 5.73 Å². The minimum Gasteiger partial charge on any atom is -0.497 e. The number of hydrogen-bond acceptors (Lipinski definition) is 4. The van der Waals surface area contributed by atoms with Gasteiger partial charge in [-0.25, -0.2) is 0 Å². The number of ether oxygens (including phenoxy) is 2. The number of hydrogen-bond donors (Lipinski definition) is 1. The van der Waals surface area contributed by atoms with E-state index in [0.29, 0.717) is 6.54 Å². The molecular weight excluding hydrogens is 216 g/mol. The molecule has 0 bridgehead atoms. The molecule has 1 aromatic rings. The fourth-order valence-electron chi connectivity index (χ4n) is 2.18. The first kappa shape index (κ1) is 12.2. The van der Waals surface area contributed by atoms with Crippen LogP contribution < -0.4 is 15.4 Å². The van der Waals surface area contributed by atoms with Crippen LogP contribution in [0.5, 0.6) is 5.75 Å². The number of nitrogens with zero attached hydrogens (tertiary/aromatic N) is 1. The molecule has 0 radical (unpaired) electrons. The molecule has 0 spiro atoms. The highest BCUT2D eigenvalue weighted by molar-refractivity contribution is 5.49. The summed E-state index contributed by atoms with van der Waals surface area (Å²) in [6, 6.07) is 8.11. The minimum absolute atomic E-state index is 0.126. The summed E-state index contributed by atoms with van der Waals surface area (Å²) in [4.78, 5) is 2.31. The van der Waals surface area contributed by atoms with Crippen molar-refractivity contribution in [3.8, 4) is 5.75 Å². The van der Waals surface area contributed by atoms with Gasteiger partial charge in [0.2, 0.25) is 0 Å². The summed E-state index contributed by atoms with van der Waals surface area (Å²) in [7, 11) is 1.68. The van der Waals surface area contributed by atoms with Gasteiger partial charge in [0, 0.05) is 25.3 Å². The van der Waals surface area contributed by atoms with Gasteiger partial charge in [0.15, 0.2) is 0 Å². The Kier molecular flexibility index (Phi) is 3.86. The van der Waals surface area contributed by atoms with Crippen molar-refractivity contribution in [2.75, 3.05) is 31.6 Å². The Morgan fingerprint density at radius 2 is 2.06 bits per heavy atom. The molecule has 0 saturated carbocycles. The summed E-state index contributed by atoms with van der Waals surface area (Å²) in [5.74, 6) is 0.880. The van der Waals surface area contributed by atoms with Crippen molar-refractivity contribution in [3.63, 3.8) is 0 Å². The van der Waals surface area contributed by atoms with E-state index >= 15 is 0 Å². The van der Waals surface area contributed by atoms with Crippen LogP contribution in [0, 0.1) is 0 Å². The first-order valence-corrected chi connectivity index (χ1v) is 5.97. The molecule has 1 saturated heterocycles. The first-order chi connectivity index (χ1) is 8.22. The van der Waals surface area contributed by atoms with Gasteiger partial charge in [0.25, 0.3) is 0 Å². The van der Waals surface area contributed by atoms with Gasteiger partial charge in [0.1, 0.15) is 5.75 Å². The zero-order valence-electron chi connectivity index (χ0n) is 10.4. The van der Waals surface area contributed by atoms with Gasteiger partial charge in [-0.3, -0.25) is 0 Å². The molecule has 2 unspecified atom stereocenters. The summed E-state index contributed by atoms with van der Waals surface area (Å²) >= 11 is 0. The standard InChI is InChI=1S/C13H20N2O2/c1-10-8-15(9-13(7-14)17-10)11-3-5-12(16-2)6-4-11/h3-6,10,13H,7-9,14H2,1-2H3. The predicted octanol–water partition coefficient (Wildman–Crippen LogP) is 1.25. The topological polar surface area (TPSA) is 47.7 Å². The highest BCUT2D eigenvalue weighted by atomic mass is 16.5. The Balaban J connectivity index is 2.09. The second kappa shape index (κ2) is 5.38. The van der Waals surface area contributed by atoms with E-state index in [-0.39, 0.29) is 12.2 Å². The van der Waals surface area contributed by atoms with E-state index < -0.39 is 0 Å². The predicted molar refractivity (Wildman–Crippen MR) is 68.6 cm³/mol. The summed E-state index contributed by atoms with van der Waals surface area (Å²) in [5.41, 5.74) is 6.87. The molecule has 1 aliphatic rings. The maximum Gasteiger partial charge on any atom is 0.119 e. The maximum atomic E-state index is 5.74. The monoisotopic (exact) mass is 236 g/mol. The van der Waals surface area contributed by atoms with Crippen LogP contribution in [0.25, 0.3) is 0 Å². The Hall–Kier alpha value is -1.26.